The highest BCUT2D eigenvalue weighted by Gasteiger charge is 2.36. The summed E-state index contributed by atoms with van der Waals surface area (Å²) in [4.78, 5) is 4.80. The van der Waals surface area contributed by atoms with E-state index in [2.05, 4.69) is 42.7 Å². The summed E-state index contributed by atoms with van der Waals surface area (Å²) in [6.45, 7) is 8.44. The van der Waals surface area contributed by atoms with Gasteiger partial charge < -0.3 is 24.8 Å². The van der Waals surface area contributed by atoms with Crippen molar-refractivity contribution in [2.45, 2.75) is 46.1 Å². The molecule has 1 aromatic rings. The van der Waals surface area contributed by atoms with Crippen LogP contribution in [0.5, 0.6) is 5.75 Å². The number of benzene rings is 1. The number of hydrogen-bond donors (Lipinski definition) is 2. The fourth-order valence-electron chi connectivity index (χ4n) is 3.45. The van der Waals surface area contributed by atoms with Gasteiger partial charge in [-0.15, -0.1) is 24.0 Å². The smallest absolute Gasteiger partial charge is 0.191 e. The Kier molecular flexibility index (Phi) is 12.6. The zero-order valence-electron chi connectivity index (χ0n) is 18.4. The molecule has 0 aromatic heterocycles. The van der Waals surface area contributed by atoms with Crippen LogP contribution >= 0.6 is 24.0 Å². The van der Waals surface area contributed by atoms with Crippen molar-refractivity contribution in [3.63, 3.8) is 0 Å². The Bertz CT molecular complexity index is 621. The maximum Gasteiger partial charge on any atom is 0.191 e. The van der Waals surface area contributed by atoms with Crippen molar-refractivity contribution in [2.24, 2.45) is 10.4 Å². The van der Waals surface area contributed by atoms with Crippen LogP contribution in [-0.4, -0.2) is 53.1 Å². The van der Waals surface area contributed by atoms with E-state index in [-0.39, 0.29) is 24.0 Å². The van der Waals surface area contributed by atoms with E-state index in [0.717, 1.165) is 43.4 Å². The number of aryl methyl sites for hydroxylation is 1. The van der Waals surface area contributed by atoms with E-state index in [1.54, 1.807) is 14.2 Å². The number of nitrogens with one attached hydrogen (secondary N) is 2. The molecule has 1 saturated carbocycles. The molecular weight excluding hydrogens is 481 g/mol. The second-order valence-corrected chi connectivity index (χ2v) is 7.60. The second kappa shape index (κ2) is 14.0. The summed E-state index contributed by atoms with van der Waals surface area (Å²) in [6.07, 6.45) is 4.94. The lowest BCUT2D eigenvalue weighted by atomic mass is 9.67. The van der Waals surface area contributed by atoms with Crippen LogP contribution in [0.25, 0.3) is 0 Å². The quantitative estimate of drug-likeness (QED) is 0.190. The van der Waals surface area contributed by atoms with Gasteiger partial charge in [0.2, 0.25) is 0 Å². The third-order valence-electron chi connectivity index (χ3n) is 5.40. The van der Waals surface area contributed by atoms with Crippen LogP contribution in [0.1, 0.15) is 43.7 Å². The van der Waals surface area contributed by atoms with Crippen molar-refractivity contribution < 1.29 is 14.2 Å². The van der Waals surface area contributed by atoms with Gasteiger partial charge in [-0.2, -0.15) is 0 Å². The minimum Gasteiger partial charge on any atom is -0.491 e. The SMILES string of the molecule is CCNC(=NCc1ccc(C)cc1OCCOC)NCC1(CCOC)CCC1.I. The highest BCUT2D eigenvalue weighted by molar-refractivity contribution is 14.0. The Labute approximate surface area is 193 Å². The number of methoxy groups -OCH3 is 2. The van der Waals surface area contributed by atoms with Crippen molar-refractivity contribution in [2.75, 3.05) is 47.1 Å². The number of rotatable bonds is 12. The van der Waals surface area contributed by atoms with Crippen molar-refractivity contribution in [1.82, 2.24) is 10.6 Å². The van der Waals surface area contributed by atoms with Gasteiger partial charge in [-0.05, 0) is 50.2 Å². The molecule has 1 aliphatic rings. The number of ether oxygens (including phenoxy) is 3. The standard InChI is InChI=1S/C22H37N3O3.HI/c1-5-23-21(25-17-22(9-6-10-22)11-12-26-3)24-16-19-8-7-18(2)15-20(19)28-14-13-27-4;/h7-8,15H,5-6,9-14,16-17H2,1-4H3,(H2,23,24,25);1H. The zero-order valence-corrected chi connectivity index (χ0v) is 20.7. The minimum absolute atomic E-state index is 0. The van der Waals surface area contributed by atoms with E-state index in [1.807, 2.05) is 0 Å². The molecule has 0 aliphatic heterocycles. The first-order valence-electron chi connectivity index (χ1n) is 10.3. The van der Waals surface area contributed by atoms with Crippen LogP contribution in [0, 0.1) is 12.3 Å². The molecule has 0 atom stereocenters. The molecule has 0 bridgehead atoms. The molecule has 2 rings (SSSR count). The highest BCUT2D eigenvalue weighted by atomic mass is 127. The summed E-state index contributed by atoms with van der Waals surface area (Å²) >= 11 is 0. The minimum atomic E-state index is 0. The van der Waals surface area contributed by atoms with Crippen molar-refractivity contribution in [3.05, 3.63) is 29.3 Å². The molecule has 1 aliphatic carbocycles. The maximum atomic E-state index is 5.89. The fourth-order valence-corrected chi connectivity index (χ4v) is 3.45. The fraction of sp³-hybridized carbons (Fsp3) is 0.682. The lowest BCUT2D eigenvalue weighted by Crippen LogP contribution is -2.46. The van der Waals surface area contributed by atoms with Gasteiger partial charge in [0.05, 0.1) is 13.2 Å². The van der Waals surface area contributed by atoms with Gasteiger partial charge in [-0.25, -0.2) is 4.99 Å². The third-order valence-corrected chi connectivity index (χ3v) is 5.40. The Morgan fingerprint density at radius 1 is 1.10 bits per heavy atom. The summed E-state index contributed by atoms with van der Waals surface area (Å²) in [6, 6.07) is 6.26. The summed E-state index contributed by atoms with van der Waals surface area (Å²) in [5.41, 5.74) is 2.61. The molecule has 29 heavy (non-hydrogen) atoms. The van der Waals surface area contributed by atoms with E-state index in [0.29, 0.717) is 25.2 Å². The first-order chi connectivity index (χ1) is 13.6. The van der Waals surface area contributed by atoms with Gasteiger partial charge in [0.15, 0.2) is 5.96 Å². The van der Waals surface area contributed by atoms with E-state index < -0.39 is 0 Å². The first kappa shape index (κ1) is 26.0. The van der Waals surface area contributed by atoms with Crippen LogP contribution in [-0.2, 0) is 16.0 Å². The maximum absolute atomic E-state index is 5.89. The molecule has 2 N–H and O–H groups in total. The van der Waals surface area contributed by atoms with Gasteiger partial charge in [-0.3, -0.25) is 0 Å². The summed E-state index contributed by atoms with van der Waals surface area (Å²) in [5.74, 6) is 1.74. The van der Waals surface area contributed by atoms with E-state index in [1.165, 1.54) is 24.8 Å². The van der Waals surface area contributed by atoms with Gasteiger partial charge in [-0.1, -0.05) is 18.6 Å². The van der Waals surface area contributed by atoms with Crippen LogP contribution in [0.3, 0.4) is 0 Å². The highest BCUT2D eigenvalue weighted by Crippen LogP contribution is 2.43. The third kappa shape index (κ3) is 8.68. The Morgan fingerprint density at radius 3 is 2.48 bits per heavy atom. The lowest BCUT2D eigenvalue weighted by Gasteiger charge is -2.42. The Hall–Kier alpha value is -1.06. The van der Waals surface area contributed by atoms with Gasteiger partial charge in [0, 0.05) is 39.5 Å². The molecule has 0 spiro atoms. The predicted molar refractivity (Wildman–Crippen MR) is 130 cm³/mol. The molecular formula is C22H38IN3O3. The van der Waals surface area contributed by atoms with Crippen molar-refractivity contribution in [1.29, 1.82) is 0 Å². The largest absolute Gasteiger partial charge is 0.491 e. The van der Waals surface area contributed by atoms with Crippen molar-refractivity contribution >= 4 is 29.9 Å². The average molecular weight is 519 g/mol. The molecule has 0 unspecified atom stereocenters. The lowest BCUT2D eigenvalue weighted by molar-refractivity contribution is 0.0732. The summed E-state index contributed by atoms with van der Waals surface area (Å²) in [5, 5.41) is 6.91. The average Bonchev–Trinajstić information content (AvgIpc) is 2.66. The number of hydrogen-bond acceptors (Lipinski definition) is 4. The number of aliphatic imine (C=N–C) groups is 1. The number of nitrogens with zero attached hydrogens (tertiary/aromatic N) is 1. The molecule has 6 nitrogen and oxygen atoms in total. The summed E-state index contributed by atoms with van der Waals surface area (Å²) in [7, 11) is 3.46. The van der Waals surface area contributed by atoms with Crippen LogP contribution in [0.15, 0.2) is 23.2 Å². The number of halogens is 1. The van der Waals surface area contributed by atoms with E-state index in [9.17, 15) is 0 Å². The summed E-state index contributed by atoms with van der Waals surface area (Å²) < 4.78 is 16.3. The molecule has 1 fully saturated rings. The molecule has 0 radical (unpaired) electrons. The van der Waals surface area contributed by atoms with Crippen LogP contribution in [0.4, 0.5) is 0 Å². The molecule has 0 saturated heterocycles. The predicted octanol–water partition coefficient (Wildman–Crippen LogP) is 3.90. The van der Waals surface area contributed by atoms with Gasteiger partial charge in [0.25, 0.3) is 0 Å². The second-order valence-electron chi connectivity index (χ2n) is 7.60. The monoisotopic (exact) mass is 519 g/mol. The molecule has 7 heteroatoms. The molecule has 166 valence electrons. The van der Waals surface area contributed by atoms with E-state index in [4.69, 9.17) is 19.2 Å². The van der Waals surface area contributed by atoms with Gasteiger partial charge in [0.1, 0.15) is 12.4 Å². The topological polar surface area (TPSA) is 64.1 Å². The Morgan fingerprint density at radius 2 is 1.86 bits per heavy atom. The number of guanidine groups is 1. The first-order valence-corrected chi connectivity index (χ1v) is 10.3. The molecule has 0 amide bonds. The molecule has 1 aromatic carbocycles. The Balaban J connectivity index is 0.00000420. The van der Waals surface area contributed by atoms with Crippen LogP contribution in [0.2, 0.25) is 0 Å². The van der Waals surface area contributed by atoms with Crippen LogP contribution < -0.4 is 15.4 Å². The zero-order chi connectivity index (χ0) is 20.2. The van der Waals surface area contributed by atoms with Crippen molar-refractivity contribution in [3.8, 4) is 5.75 Å². The normalized spacial score (nSPS) is 15.2. The van der Waals surface area contributed by atoms with E-state index >= 15 is 0 Å². The van der Waals surface area contributed by atoms with Gasteiger partial charge >= 0.3 is 0 Å². The molecule has 0 heterocycles.